The average molecular weight is 372 g/mol. The summed E-state index contributed by atoms with van der Waals surface area (Å²) in [4.78, 5) is 12.2. The molecule has 0 bridgehead atoms. The van der Waals surface area contributed by atoms with Crippen LogP contribution in [0.2, 0.25) is 0 Å². The second kappa shape index (κ2) is 12.6. The molecule has 1 rings (SSSR count). The number of hydrogen-bond donors (Lipinski definition) is 3. The van der Waals surface area contributed by atoms with Gasteiger partial charge in [-0.1, -0.05) is 0 Å². The molecule has 0 aliphatic carbocycles. The molecule has 9 heteroatoms. The number of hydrogen-bond acceptors (Lipinski definition) is 8. The Hall–Kier alpha value is -1.71. The number of thioether (sulfide) groups is 1. The lowest BCUT2D eigenvalue weighted by Crippen LogP contribution is -2.29. The Labute approximate surface area is 152 Å². The highest BCUT2D eigenvalue weighted by Gasteiger charge is 2.05. The molecule has 3 N–H and O–H groups in total. The molecular weight excluding hydrogens is 344 g/mol. The van der Waals surface area contributed by atoms with Gasteiger partial charge in [0.05, 0.1) is 17.2 Å². The number of furan rings is 1. The SMILES string of the molecule is CN(C)Cc1ccc(CSCCNC(=C[N+](=O)[O-])NCCCCO)o1. The summed E-state index contributed by atoms with van der Waals surface area (Å²) in [5.74, 6) is 3.85. The van der Waals surface area contributed by atoms with Gasteiger partial charge in [-0.15, -0.1) is 0 Å². The largest absolute Gasteiger partial charge is 0.464 e. The number of nitro groups is 1. The number of nitrogens with one attached hydrogen (secondary N) is 2. The predicted octanol–water partition coefficient (Wildman–Crippen LogP) is 1.60. The van der Waals surface area contributed by atoms with Crippen molar-refractivity contribution in [3.63, 3.8) is 0 Å². The van der Waals surface area contributed by atoms with E-state index in [0.29, 0.717) is 25.3 Å². The molecule has 0 aliphatic heterocycles. The Kier molecular flexibility index (Phi) is 10.8. The summed E-state index contributed by atoms with van der Waals surface area (Å²) in [5, 5.41) is 25.4. The summed E-state index contributed by atoms with van der Waals surface area (Å²) in [6.45, 7) is 2.11. The maximum absolute atomic E-state index is 10.6. The lowest BCUT2D eigenvalue weighted by molar-refractivity contribution is -0.404. The Morgan fingerprint density at radius 2 is 2.04 bits per heavy atom. The van der Waals surface area contributed by atoms with Gasteiger partial charge in [-0.3, -0.25) is 10.1 Å². The lowest BCUT2D eigenvalue weighted by Gasteiger charge is -2.10. The number of rotatable bonds is 14. The molecule has 0 unspecified atom stereocenters. The summed E-state index contributed by atoms with van der Waals surface area (Å²) in [6, 6.07) is 3.97. The summed E-state index contributed by atoms with van der Waals surface area (Å²) < 4.78 is 5.73. The number of nitrogens with zero attached hydrogens (tertiary/aromatic N) is 2. The topological polar surface area (TPSA) is 104 Å². The second-order valence-corrected chi connectivity index (χ2v) is 6.88. The molecule has 0 aliphatic rings. The molecule has 0 aromatic carbocycles. The third-order valence-corrected chi connectivity index (χ3v) is 4.11. The minimum Gasteiger partial charge on any atom is -0.464 e. The standard InChI is InChI=1S/C16H28N4O4S/c1-19(2)11-14-5-6-15(24-14)13-25-10-8-18-16(12-20(22)23)17-7-3-4-9-21/h5-6,12,17-18,21H,3-4,7-11,13H2,1-2H3. The van der Waals surface area contributed by atoms with E-state index in [2.05, 4.69) is 15.5 Å². The monoisotopic (exact) mass is 372 g/mol. The van der Waals surface area contributed by atoms with E-state index in [-0.39, 0.29) is 6.61 Å². The molecule has 0 saturated carbocycles. The van der Waals surface area contributed by atoms with Crippen molar-refractivity contribution in [1.82, 2.24) is 15.5 Å². The fourth-order valence-corrected chi connectivity index (χ4v) is 2.79. The van der Waals surface area contributed by atoms with E-state index in [1.807, 2.05) is 26.2 Å². The van der Waals surface area contributed by atoms with Crippen LogP contribution < -0.4 is 10.6 Å². The Morgan fingerprint density at radius 3 is 2.72 bits per heavy atom. The zero-order valence-electron chi connectivity index (χ0n) is 14.9. The summed E-state index contributed by atoms with van der Waals surface area (Å²) in [5.41, 5.74) is 0. The van der Waals surface area contributed by atoms with E-state index in [4.69, 9.17) is 9.52 Å². The van der Waals surface area contributed by atoms with Crippen LogP contribution in [0, 0.1) is 10.1 Å². The number of aliphatic hydroxyl groups excluding tert-OH is 1. The summed E-state index contributed by atoms with van der Waals surface area (Å²) in [6.07, 6.45) is 2.37. The molecule has 0 spiro atoms. The molecular formula is C16H28N4O4S. The van der Waals surface area contributed by atoms with E-state index in [9.17, 15) is 10.1 Å². The van der Waals surface area contributed by atoms with Crippen molar-refractivity contribution in [2.75, 3.05) is 39.5 Å². The van der Waals surface area contributed by atoms with Crippen LogP contribution in [0.3, 0.4) is 0 Å². The van der Waals surface area contributed by atoms with Gasteiger partial charge in [0.1, 0.15) is 11.5 Å². The Balaban J connectivity index is 2.24. The minimum absolute atomic E-state index is 0.128. The average Bonchev–Trinajstić information content (AvgIpc) is 2.97. The van der Waals surface area contributed by atoms with Crippen LogP contribution in [-0.4, -0.2) is 54.5 Å². The van der Waals surface area contributed by atoms with Crippen molar-refractivity contribution in [2.24, 2.45) is 0 Å². The second-order valence-electron chi connectivity index (χ2n) is 5.77. The van der Waals surface area contributed by atoms with Gasteiger partial charge in [0.15, 0.2) is 5.82 Å². The van der Waals surface area contributed by atoms with Crippen molar-refractivity contribution >= 4 is 11.8 Å². The van der Waals surface area contributed by atoms with Gasteiger partial charge in [-0.05, 0) is 39.1 Å². The highest BCUT2D eigenvalue weighted by Crippen LogP contribution is 2.15. The van der Waals surface area contributed by atoms with Gasteiger partial charge in [0.25, 0.3) is 6.20 Å². The fourth-order valence-electron chi connectivity index (χ4n) is 2.05. The zero-order valence-corrected chi connectivity index (χ0v) is 15.7. The molecule has 8 nitrogen and oxygen atoms in total. The van der Waals surface area contributed by atoms with Gasteiger partial charge in [-0.2, -0.15) is 11.8 Å². The third-order valence-electron chi connectivity index (χ3n) is 3.13. The lowest BCUT2D eigenvalue weighted by atomic mass is 10.3. The van der Waals surface area contributed by atoms with E-state index in [1.54, 1.807) is 11.8 Å². The Bertz CT molecular complexity index is 534. The molecule has 0 saturated heterocycles. The molecule has 0 radical (unpaired) electrons. The van der Waals surface area contributed by atoms with Crippen molar-refractivity contribution < 1.29 is 14.4 Å². The van der Waals surface area contributed by atoms with Crippen LogP contribution in [0.25, 0.3) is 0 Å². The molecule has 25 heavy (non-hydrogen) atoms. The van der Waals surface area contributed by atoms with Crippen LogP contribution in [0.5, 0.6) is 0 Å². The smallest absolute Gasteiger partial charge is 0.274 e. The molecule has 1 heterocycles. The van der Waals surface area contributed by atoms with Gasteiger partial charge < -0.3 is 25.1 Å². The van der Waals surface area contributed by atoms with Crippen molar-refractivity contribution in [3.05, 3.63) is 45.8 Å². The van der Waals surface area contributed by atoms with E-state index >= 15 is 0 Å². The summed E-state index contributed by atoms with van der Waals surface area (Å²) >= 11 is 1.70. The van der Waals surface area contributed by atoms with Crippen LogP contribution in [-0.2, 0) is 12.3 Å². The van der Waals surface area contributed by atoms with E-state index in [1.165, 1.54) is 0 Å². The minimum atomic E-state index is -0.482. The van der Waals surface area contributed by atoms with Gasteiger partial charge in [-0.25, -0.2) is 0 Å². The first-order valence-corrected chi connectivity index (χ1v) is 9.40. The molecule has 0 fully saturated rings. The predicted molar refractivity (Wildman–Crippen MR) is 99.7 cm³/mol. The number of unbranched alkanes of at least 4 members (excludes halogenated alkanes) is 1. The van der Waals surface area contributed by atoms with Crippen LogP contribution in [0.4, 0.5) is 0 Å². The van der Waals surface area contributed by atoms with Crippen LogP contribution in [0.1, 0.15) is 24.4 Å². The molecule has 1 aromatic heterocycles. The highest BCUT2D eigenvalue weighted by atomic mass is 32.2. The molecule has 142 valence electrons. The summed E-state index contributed by atoms with van der Waals surface area (Å²) in [7, 11) is 3.99. The van der Waals surface area contributed by atoms with Gasteiger partial charge in [0.2, 0.25) is 0 Å². The Morgan fingerprint density at radius 1 is 1.32 bits per heavy atom. The van der Waals surface area contributed by atoms with Crippen molar-refractivity contribution in [2.45, 2.75) is 25.1 Å². The molecule has 1 aromatic rings. The number of aliphatic hydroxyl groups is 1. The third kappa shape index (κ3) is 10.7. The van der Waals surface area contributed by atoms with Gasteiger partial charge in [0, 0.05) is 25.4 Å². The normalized spacial score (nSPS) is 11.8. The molecule has 0 amide bonds. The van der Waals surface area contributed by atoms with Crippen molar-refractivity contribution in [3.8, 4) is 0 Å². The van der Waals surface area contributed by atoms with Crippen molar-refractivity contribution in [1.29, 1.82) is 0 Å². The van der Waals surface area contributed by atoms with Crippen LogP contribution in [0.15, 0.2) is 28.6 Å². The molecule has 0 atom stereocenters. The first kappa shape index (κ1) is 21.3. The highest BCUT2D eigenvalue weighted by molar-refractivity contribution is 7.98. The first-order valence-electron chi connectivity index (χ1n) is 8.25. The van der Waals surface area contributed by atoms with E-state index < -0.39 is 4.92 Å². The quantitative estimate of drug-likeness (QED) is 0.257. The fraction of sp³-hybridized carbons (Fsp3) is 0.625. The van der Waals surface area contributed by atoms with Gasteiger partial charge >= 0.3 is 0 Å². The van der Waals surface area contributed by atoms with E-state index in [0.717, 1.165) is 42.2 Å². The van der Waals surface area contributed by atoms with Crippen LogP contribution >= 0.6 is 11.8 Å². The zero-order chi connectivity index (χ0) is 18.5. The maximum Gasteiger partial charge on any atom is 0.274 e. The maximum atomic E-state index is 10.6. The first-order chi connectivity index (χ1) is 12.0.